The average molecular weight is 323 g/mol. The predicted octanol–water partition coefficient (Wildman–Crippen LogP) is 7.49. The lowest BCUT2D eigenvalue weighted by Crippen LogP contribution is -2.25. The number of hydrogen-bond donors (Lipinski definition) is 0. The van der Waals surface area contributed by atoms with Crippen LogP contribution in [0.2, 0.25) is 0 Å². The van der Waals surface area contributed by atoms with Crippen LogP contribution in [-0.4, -0.2) is 6.67 Å². The Kier molecular flexibility index (Phi) is 9.31. The van der Waals surface area contributed by atoms with Crippen LogP contribution in [-0.2, 0) is 0 Å². The molecule has 0 N–H and O–H groups in total. The number of alkyl halides is 1. The van der Waals surface area contributed by atoms with E-state index >= 15 is 0 Å². The van der Waals surface area contributed by atoms with E-state index in [9.17, 15) is 4.39 Å². The molecule has 0 spiro atoms. The van der Waals surface area contributed by atoms with Crippen LogP contribution in [0.4, 0.5) is 4.39 Å². The van der Waals surface area contributed by atoms with Crippen LogP contribution in [0.5, 0.6) is 0 Å². The third-order valence-corrected chi connectivity index (χ3v) is 6.52. The molecule has 0 radical (unpaired) electrons. The molecule has 0 saturated heterocycles. The van der Waals surface area contributed by atoms with Gasteiger partial charge in [-0.3, -0.25) is 4.39 Å². The second-order valence-corrected chi connectivity index (χ2v) is 8.21. The number of allylic oxidation sites excluding steroid dienone is 2. The maximum atomic E-state index is 12.1. The van der Waals surface area contributed by atoms with Crippen LogP contribution in [0.3, 0.4) is 0 Å². The third-order valence-electron chi connectivity index (χ3n) is 6.52. The van der Waals surface area contributed by atoms with Crippen LogP contribution in [0, 0.1) is 23.7 Å². The van der Waals surface area contributed by atoms with Crippen molar-refractivity contribution in [2.24, 2.45) is 23.7 Å². The minimum atomic E-state index is -0.201. The van der Waals surface area contributed by atoms with Crippen molar-refractivity contribution in [1.29, 1.82) is 0 Å². The SMILES string of the molecule is CCCCCCC1CCC(C2CCC(C=CCCF)CC2)CC1. The zero-order chi connectivity index (χ0) is 16.3. The normalized spacial score (nSPS) is 32.4. The molecule has 134 valence electrons. The summed E-state index contributed by atoms with van der Waals surface area (Å²) in [6, 6.07) is 0. The van der Waals surface area contributed by atoms with E-state index < -0.39 is 0 Å². The number of unbranched alkanes of at least 4 members (excludes halogenated alkanes) is 3. The first-order chi connectivity index (χ1) is 11.3. The summed E-state index contributed by atoms with van der Waals surface area (Å²) in [5.74, 6) is 3.82. The molecule has 0 nitrogen and oxygen atoms in total. The molecule has 0 unspecified atom stereocenters. The highest BCUT2D eigenvalue weighted by Crippen LogP contribution is 2.42. The lowest BCUT2D eigenvalue weighted by Gasteiger charge is -2.37. The Balaban J connectivity index is 1.59. The minimum absolute atomic E-state index is 0.201. The fourth-order valence-corrected chi connectivity index (χ4v) is 4.97. The predicted molar refractivity (Wildman–Crippen MR) is 99.4 cm³/mol. The molecule has 0 amide bonds. The lowest BCUT2D eigenvalue weighted by molar-refractivity contribution is 0.151. The Labute approximate surface area is 144 Å². The summed E-state index contributed by atoms with van der Waals surface area (Å²) in [5.41, 5.74) is 0. The van der Waals surface area contributed by atoms with E-state index in [1.165, 1.54) is 83.5 Å². The van der Waals surface area contributed by atoms with Crippen LogP contribution in [0.1, 0.15) is 96.8 Å². The second kappa shape index (κ2) is 11.3. The largest absolute Gasteiger partial charge is 0.251 e. The zero-order valence-electron chi connectivity index (χ0n) is 15.4. The zero-order valence-corrected chi connectivity index (χ0v) is 15.4. The first kappa shape index (κ1) is 19.0. The summed E-state index contributed by atoms with van der Waals surface area (Å²) in [7, 11) is 0. The van der Waals surface area contributed by atoms with Crippen molar-refractivity contribution in [1.82, 2.24) is 0 Å². The van der Waals surface area contributed by atoms with Gasteiger partial charge in [-0.15, -0.1) is 0 Å². The minimum Gasteiger partial charge on any atom is -0.251 e. The number of hydrogen-bond acceptors (Lipinski definition) is 0. The number of halogens is 1. The summed E-state index contributed by atoms with van der Waals surface area (Å²) in [6.45, 7) is 2.10. The van der Waals surface area contributed by atoms with Gasteiger partial charge in [0.15, 0.2) is 0 Å². The summed E-state index contributed by atoms with van der Waals surface area (Å²) < 4.78 is 12.1. The molecule has 0 aromatic rings. The molecular weight excluding hydrogens is 283 g/mol. The van der Waals surface area contributed by atoms with Gasteiger partial charge in [-0.05, 0) is 68.6 Å². The molecule has 2 saturated carbocycles. The molecule has 0 aliphatic heterocycles. The van der Waals surface area contributed by atoms with Gasteiger partial charge in [-0.25, -0.2) is 0 Å². The van der Waals surface area contributed by atoms with Gasteiger partial charge in [-0.1, -0.05) is 64.0 Å². The third kappa shape index (κ3) is 6.98. The molecule has 0 aromatic carbocycles. The molecule has 2 aliphatic rings. The average Bonchev–Trinajstić information content (AvgIpc) is 2.60. The smallest absolute Gasteiger partial charge is 0.0928 e. The molecule has 1 heteroatoms. The van der Waals surface area contributed by atoms with Crippen molar-refractivity contribution in [3.05, 3.63) is 12.2 Å². The van der Waals surface area contributed by atoms with Gasteiger partial charge in [-0.2, -0.15) is 0 Å². The van der Waals surface area contributed by atoms with Crippen molar-refractivity contribution < 1.29 is 4.39 Å². The summed E-state index contributed by atoms with van der Waals surface area (Å²) in [6.07, 6.45) is 23.8. The Morgan fingerprint density at radius 1 is 0.826 bits per heavy atom. The van der Waals surface area contributed by atoms with Gasteiger partial charge in [0.05, 0.1) is 6.67 Å². The van der Waals surface area contributed by atoms with Crippen molar-refractivity contribution in [2.45, 2.75) is 96.8 Å². The quantitative estimate of drug-likeness (QED) is 0.305. The highest BCUT2D eigenvalue weighted by molar-refractivity contribution is 4.92. The van der Waals surface area contributed by atoms with Gasteiger partial charge in [0.25, 0.3) is 0 Å². The molecule has 0 aromatic heterocycles. The molecule has 2 rings (SSSR count). The fraction of sp³-hybridized carbons (Fsp3) is 0.909. The van der Waals surface area contributed by atoms with E-state index in [2.05, 4.69) is 19.1 Å². The van der Waals surface area contributed by atoms with E-state index in [0.717, 1.165) is 23.7 Å². The fourth-order valence-electron chi connectivity index (χ4n) is 4.97. The van der Waals surface area contributed by atoms with E-state index in [-0.39, 0.29) is 6.67 Å². The maximum absolute atomic E-state index is 12.1. The number of rotatable bonds is 9. The monoisotopic (exact) mass is 322 g/mol. The summed E-state index contributed by atoms with van der Waals surface area (Å²) >= 11 is 0. The molecule has 0 heterocycles. The Bertz CT molecular complexity index is 306. The van der Waals surface area contributed by atoms with Gasteiger partial charge < -0.3 is 0 Å². The summed E-state index contributed by atoms with van der Waals surface area (Å²) in [4.78, 5) is 0. The van der Waals surface area contributed by atoms with Crippen molar-refractivity contribution in [3.63, 3.8) is 0 Å². The van der Waals surface area contributed by atoms with Gasteiger partial charge in [0.2, 0.25) is 0 Å². The van der Waals surface area contributed by atoms with Gasteiger partial charge >= 0.3 is 0 Å². The molecular formula is C22H39F. The van der Waals surface area contributed by atoms with Crippen LogP contribution < -0.4 is 0 Å². The molecule has 2 aliphatic carbocycles. The Morgan fingerprint density at radius 3 is 2.09 bits per heavy atom. The van der Waals surface area contributed by atoms with Gasteiger partial charge in [0, 0.05) is 0 Å². The molecule has 0 atom stereocenters. The highest BCUT2D eigenvalue weighted by atomic mass is 19.1. The molecule has 23 heavy (non-hydrogen) atoms. The van der Waals surface area contributed by atoms with Crippen molar-refractivity contribution >= 4 is 0 Å². The van der Waals surface area contributed by atoms with E-state index in [1.807, 2.05) is 0 Å². The molecule has 0 bridgehead atoms. The standard InChI is InChI=1S/C22H39F/c1-2-3-4-5-8-19-10-14-21(15-11-19)22-16-12-20(13-17-22)9-6-7-18-23/h6,9,19-22H,2-5,7-8,10-18H2,1H3. The first-order valence-corrected chi connectivity index (χ1v) is 10.6. The topological polar surface area (TPSA) is 0 Å². The maximum Gasteiger partial charge on any atom is 0.0928 e. The Morgan fingerprint density at radius 2 is 1.48 bits per heavy atom. The van der Waals surface area contributed by atoms with Crippen LogP contribution in [0.15, 0.2) is 12.2 Å². The van der Waals surface area contributed by atoms with Gasteiger partial charge in [0.1, 0.15) is 0 Å². The van der Waals surface area contributed by atoms with E-state index in [4.69, 9.17) is 0 Å². The Hall–Kier alpha value is -0.330. The van der Waals surface area contributed by atoms with Crippen LogP contribution >= 0.6 is 0 Å². The second-order valence-electron chi connectivity index (χ2n) is 8.21. The van der Waals surface area contributed by atoms with Crippen molar-refractivity contribution in [3.8, 4) is 0 Å². The highest BCUT2D eigenvalue weighted by Gasteiger charge is 2.30. The lowest BCUT2D eigenvalue weighted by atomic mass is 9.68. The molecule has 2 fully saturated rings. The van der Waals surface area contributed by atoms with E-state index in [1.54, 1.807) is 0 Å². The van der Waals surface area contributed by atoms with Crippen molar-refractivity contribution in [2.75, 3.05) is 6.67 Å². The summed E-state index contributed by atoms with van der Waals surface area (Å²) in [5, 5.41) is 0. The van der Waals surface area contributed by atoms with Crippen LogP contribution in [0.25, 0.3) is 0 Å². The van der Waals surface area contributed by atoms with E-state index in [0.29, 0.717) is 6.42 Å². The first-order valence-electron chi connectivity index (χ1n) is 10.6.